The highest BCUT2D eigenvalue weighted by Crippen LogP contribution is 2.28. The number of aromatic amines is 1. The largest absolute Gasteiger partial charge is 0.486 e. The van der Waals surface area contributed by atoms with Crippen LogP contribution < -0.4 is 10.3 Å². The van der Waals surface area contributed by atoms with E-state index in [9.17, 15) is 9.59 Å². The second-order valence-corrected chi connectivity index (χ2v) is 8.65. The maximum Gasteiger partial charge on any atom is 0.274 e. The molecule has 0 unspecified atom stereocenters. The molecule has 3 heterocycles. The molecule has 0 spiro atoms. The van der Waals surface area contributed by atoms with Gasteiger partial charge in [-0.05, 0) is 31.4 Å². The summed E-state index contributed by atoms with van der Waals surface area (Å²) in [6, 6.07) is 16.5. The van der Waals surface area contributed by atoms with Crippen molar-refractivity contribution in [3.8, 4) is 17.1 Å². The number of carbonyl (C=O) groups excluding carboxylic acids is 1. The van der Waals surface area contributed by atoms with E-state index in [-0.39, 0.29) is 29.9 Å². The van der Waals surface area contributed by atoms with Gasteiger partial charge >= 0.3 is 0 Å². The molecular weight excluding hydrogens is 446 g/mol. The molecule has 1 N–H and O–H groups in total. The molecule has 0 radical (unpaired) electrons. The molecule has 5 rings (SSSR count). The summed E-state index contributed by atoms with van der Waals surface area (Å²) in [7, 11) is 1.65. The number of hydrogen-bond acceptors (Lipinski definition) is 6. The molecule has 9 nitrogen and oxygen atoms in total. The number of rotatable bonds is 7. The van der Waals surface area contributed by atoms with Gasteiger partial charge in [-0.1, -0.05) is 42.5 Å². The third-order valence-electron chi connectivity index (χ3n) is 6.25. The van der Waals surface area contributed by atoms with Gasteiger partial charge in [-0.3, -0.25) is 14.7 Å². The van der Waals surface area contributed by atoms with Crippen LogP contribution in [0.1, 0.15) is 34.5 Å². The van der Waals surface area contributed by atoms with Gasteiger partial charge in [-0.2, -0.15) is 9.50 Å². The fourth-order valence-corrected chi connectivity index (χ4v) is 4.53. The van der Waals surface area contributed by atoms with E-state index in [1.54, 1.807) is 13.2 Å². The zero-order valence-electron chi connectivity index (χ0n) is 19.7. The monoisotopic (exact) mass is 473 g/mol. The first-order chi connectivity index (χ1) is 17.0. The van der Waals surface area contributed by atoms with Crippen molar-refractivity contribution in [1.29, 1.82) is 0 Å². The number of benzene rings is 2. The second-order valence-electron chi connectivity index (χ2n) is 8.65. The van der Waals surface area contributed by atoms with Crippen LogP contribution in [0.25, 0.3) is 17.2 Å². The van der Waals surface area contributed by atoms with Crippen molar-refractivity contribution in [3.05, 3.63) is 81.8 Å². The summed E-state index contributed by atoms with van der Waals surface area (Å²) in [6.07, 6.45) is 1.87. The summed E-state index contributed by atoms with van der Waals surface area (Å²) >= 11 is 0. The highest BCUT2D eigenvalue weighted by atomic mass is 16.5. The van der Waals surface area contributed by atoms with Crippen molar-refractivity contribution < 1.29 is 14.3 Å². The average molecular weight is 474 g/mol. The van der Waals surface area contributed by atoms with Gasteiger partial charge in [0.05, 0.1) is 23.9 Å². The molecule has 1 aliphatic heterocycles. The van der Waals surface area contributed by atoms with Crippen molar-refractivity contribution in [1.82, 2.24) is 24.5 Å². The number of nitrogens with one attached hydrogen (secondary N) is 1. The van der Waals surface area contributed by atoms with Crippen LogP contribution in [0.15, 0.2) is 59.4 Å². The van der Waals surface area contributed by atoms with E-state index in [1.807, 2.05) is 54.3 Å². The Morgan fingerprint density at radius 1 is 1.14 bits per heavy atom. The van der Waals surface area contributed by atoms with Gasteiger partial charge in [0.2, 0.25) is 0 Å². The highest BCUT2D eigenvalue weighted by Gasteiger charge is 2.31. The third-order valence-corrected chi connectivity index (χ3v) is 6.25. The van der Waals surface area contributed by atoms with Crippen LogP contribution in [0.5, 0.6) is 5.75 Å². The molecule has 35 heavy (non-hydrogen) atoms. The predicted octanol–water partition coefficient (Wildman–Crippen LogP) is 3.22. The van der Waals surface area contributed by atoms with Crippen molar-refractivity contribution in [3.63, 3.8) is 0 Å². The number of amides is 1. The normalized spacial score (nSPS) is 15.6. The first-order valence-corrected chi connectivity index (χ1v) is 11.6. The molecule has 4 aromatic rings. The lowest BCUT2D eigenvalue weighted by Crippen LogP contribution is -2.38. The van der Waals surface area contributed by atoms with Gasteiger partial charge in [0.25, 0.3) is 17.2 Å². The van der Waals surface area contributed by atoms with Crippen LogP contribution in [0.2, 0.25) is 0 Å². The zero-order valence-corrected chi connectivity index (χ0v) is 19.7. The minimum absolute atomic E-state index is 0.0322. The topological polar surface area (TPSA) is 102 Å². The number of aryl methyl sites for hydroxylation is 1. The quantitative estimate of drug-likeness (QED) is 0.442. The maximum absolute atomic E-state index is 13.5. The predicted molar refractivity (Wildman–Crippen MR) is 130 cm³/mol. The Bertz CT molecular complexity index is 1410. The van der Waals surface area contributed by atoms with Crippen LogP contribution in [0.3, 0.4) is 0 Å². The molecule has 2 aromatic carbocycles. The van der Waals surface area contributed by atoms with Gasteiger partial charge < -0.3 is 14.4 Å². The number of hydrogen-bond donors (Lipinski definition) is 1. The first kappa shape index (κ1) is 22.8. The Kier molecular flexibility index (Phi) is 6.33. The molecule has 0 aliphatic carbocycles. The number of ether oxygens (including phenoxy) is 2. The SMILES string of the molecule is COC[C@@H]1CCCN1C(=O)c1c(C)cccc1OCc1cc(=O)n2[nH]c(-c3ccccc3)nc2n1. The Morgan fingerprint density at radius 3 is 2.77 bits per heavy atom. The molecule has 1 amide bonds. The van der Waals surface area contributed by atoms with Crippen molar-refractivity contribution >= 4 is 11.7 Å². The molecule has 2 aromatic heterocycles. The summed E-state index contributed by atoms with van der Waals surface area (Å²) < 4.78 is 12.7. The Balaban J connectivity index is 1.40. The van der Waals surface area contributed by atoms with Gasteiger partial charge in [0.1, 0.15) is 12.4 Å². The molecule has 9 heteroatoms. The number of carbonyl (C=O) groups is 1. The number of methoxy groups -OCH3 is 1. The number of fused-ring (bicyclic) bond motifs is 1. The average Bonchev–Trinajstić information content (AvgIpc) is 3.51. The summed E-state index contributed by atoms with van der Waals surface area (Å²) in [5.74, 6) is 1.21. The third kappa shape index (κ3) is 4.54. The first-order valence-electron chi connectivity index (χ1n) is 11.6. The lowest BCUT2D eigenvalue weighted by molar-refractivity contribution is 0.0625. The smallest absolute Gasteiger partial charge is 0.274 e. The van der Waals surface area contributed by atoms with E-state index < -0.39 is 0 Å². The number of H-pyrrole nitrogens is 1. The molecule has 0 bridgehead atoms. The summed E-state index contributed by atoms with van der Waals surface area (Å²) in [6.45, 7) is 3.13. The zero-order chi connectivity index (χ0) is 24.4. The number of aromatic nitrogens is 4. The molecule has 1 atom stereocenters. The van der Waals surface area contributed by atoms with Gasteiger partial charge in [-0.25, -0.2) is 4.98 Å². The van der Waals surface area contributed by atoms with Crippen LogP contribution in [-0.2, 0) is 11.3 Å². The van der Waals surface area contributed by atoms with Crippen LogP contribution >= 0.6 is 0 Å². The van der Waals surface area contributed by atoms with Crippen LogP contribution in [0, 0.1) is 6.92 Å². The standard InChI is InChI=1S/C26H27N5O4/c1-17-8-6-12-21(23(17)25(33)30-13-7-11-20(30)16-34-2)35-15-19-14-22(32)31-26(27-19)28-24(29-31)18-9-4-3-5-10-18/h3-6,8-10,12,14,20H,7,11,13,15-16H2,1-2H3,(H,27,28,29)/t20-/m0/s1. The number of likely N-dealkylation sites (tertiary alicyclic amines) is 1. The van der Waals surface area contributed by atoms with E-state index in [2.05, 4.69) is 15.1 Å². The van der Waals surface area contributed by atoms with E-state index in [0.29, 0.717) is 36.0 Å². The Labute approximate surface area is 202 Å². The molecular formula is C26H27N5O4. The van der Waals surface area contributed by atoms with E-state index in [4.69, 9.17) is 9.47 Å². The summed E-state index contributed by atoms with van der Waals surface area (Å²) in [5, 5.41) is 2.99. The molecule has 1 saturated heterocycles. The van der Waals surface area contributed by atoms with Gasteiger partial charge in [0, 0.05) is 25.3 Å². The van der Waals surface area contributed by atoms with Crippen LogP contribution in [0.4, 0.5) is 0 Å². The highest BCUT2D eigenvalue weighted by molar-refractivity contribution is 5.98. The van der Waals surface area contributed by atoms with Gasteiger partial charge in [0.15, 0.2) is 5.82 Å². The maximum atomic E-state index is 13.5. The van der Waals surface area contributed by atoms with Crippen LogP contribution in [-0.4, -0.2) is 56.7 Å². The van der Waals surface area contributed by atoms with E-state index in [0.717, 1.165) is 24.0 Å². The van der Waals surface area contributed by atoms with Crippen molar-refractivity contribution in [2.24, 2.45) is 0 Å². The summed E-state index contributed by atoms with van der Waals surface area (Å²) in [5.41, 5.74) is 2.35. The lowest BCUT2D eigenvalue weighted by atomic mass is 10.1. The van der Waals surface area contributed by atoms with Gasteiger partial charge in [-0.15, -0.1) is 0 Å². The lowest BCUT2D eigenvalue weighted by Gasteiger charge is -2.26. The Morgan fingerprint density at radius 2 is 1.97 bits per heavy atom. The fourth-order valence-electron chi connectivity index (χ4n) is 4.53. The molecule has 1 aliphatic rings. The Hall–Kier alpha value is -3.98. The van der Waals surface area contributed by atoms with E-state index in [1.165, 1.54) is 10.6 Å². The van der Waals surface area contributed by atoms with Crippen molar-refractivity contribution in [2.45, 2.75) is 32.4 Å². The van der Waals surface area contributed by atoms with E-state index >= 15 is 0 Å². The number of nitrogens with zero attached hydrogens (tertiary/aromatic N) is 4. The fraction of sp³-hybridized carbons (Fsp3) is 0.308. The summed E-state index contributed by atoms with van der Waals surface area (Å²) in [4.78, 5) is 37.0. The minimum atomic E-state index is -0.289. The molecule has 180 valence electrons. The second kappa shape index (κ2) is 9.71. The minimum Gasteiger partial charge on any atom is -0.486 e. The molecule has 1 fully saturated rings. The van der Waals surface area contributed by atoms with Crippen molar-refractivity contribution in [2.75, 3.05) is 20.3 Å². The molecule has 0 saturated carbocycles.